The molecule has 1 heterocycles. The third kappa shape index (κ3) is 3.27. The quantitative estimate of drug-likeness (QED) is 0.693. The lowest BCUT2D eigenvalue weighted by Crippen LogP contribution is -2.30. The Kier molecular flexibility index (Phi) is 4.35. The third-order valence-corrected chi connectivity index (χ3v) is 2.37. The second-order valence-corrected chi connectivity index (χ2v) is 4.01. The van der Waals surface area contributed by atoms with Gasteiger partial charge in [0.2, 0.25) is 5.91 Å². The zero-order valence-electron chi connectivity index (χ0n) is 8.90. The highest BCUT2D eigenvalue weighted by molar-refractivity contribution is 5.78. The monoisotopic (exact) mass is 201 g/mol. The van der Waals surface area contributed by atoms with E-state index < -0.39 is 0 Å². The number of carbonyl (C=O) groups excluding carboxylic acids is 1. The summed E-state index contributed by atoms with van der Waals surface area (Å²) in [6.45, 7) is 5.96. The Morgan fingerprint density at radius 3 is 2.86 bits per heavy atom. The van der Waals surface area contributed by atoms with Crippen LogP contribution in [0.15, 0.2) is 0 Å². The average Bonchev–Trinajstić information content (AvgIpc) is 2.47. The van der Waals surface area contributed by atoms with Gasteiger partial charge in [-0.3, -0.25) is 4.79 Å². The minimum atomic E-state index is 0.104. The number of aliphatic hydroxyl groups is 1. The SMILES string of the molecule is CC(C)OCCN1CC(CO)CC1=O. The highest BCUT2D eigenvalue weighted by Crippen LogP contribution is 2.16. The maximum absolute atomic E-state index is 11.4. The van der Waals surface area contributed by atoms with Crippen molar-refractivity contribution in [1.82, 2.24) is 4.90 Å². The van der Waals surface area contributed by atoms with E-state index in [0.717, 1.165) is 0 Å². The molecule has 1 fully saturated rings. The van der Waals surface area contributed by atoms with Crippen LogP contribution in [0.5, 0.6) is 0 Å². The van der Waals surface area contributed by atoms with Gasteiger partial charge in [-0.2, -0.15) is 0 Å². The number of amides is 1. The molecule has 0 aromatic rings. The van der Waals surface area contributed by atoms with Crippen molar-refractivity contribution in [1.29, 1.82) is 0 Å². The van der Waals surface area contributed by atoms with E-state index in [1.807, 2.05) is 13.8 Å². The van der Waals surface area contributed by atoms with Crippen molar-refractivity contribution in [3.05, 3.63) is 0 Å². The zero-order valence-corrected chi connectivity index (χ0v) is 8.90. The molecule has 1 amide bonds. The van der Waals surface area contributed by atoms with Gasteiger partial charge in [-0.1, -0.05) is 0 Å². The summed E-state index contributed by atoms with van der Waals surface area (Å²) in [7, 11) is 0. The van der Waals surface area contributed by atoms with Crippen molar-refractivity contribution in [3.63, 3.8) is 0 Å². The van der Waals surface area contributed by atoms with Crippen LogP contribution < -0.4 is 0 Å². The smallest absolute Gasteiger partial charge is 0.223 e. The van der Waals surface area contributed by atoms with Gasteiger partial charge in [0.25, 0.3) is 0 Å². The highest BCUT2D eigenvalue weighted by Gasteiger charge is 2.28. The van der Waals surface area contributed by atoms with Crippen LogP contribution >= 0.6 is 0 Å². The molecule has 0 radical (unpaired) electrons. The summed E-state index contributed by atoms with van der Waals surface area (Å²) in [5.74, 6) is 0.262. The van der Waals surface area contributed by atoms with Crippen molar-refractivity contribution in [3.8, 4) is 0 Å². The van der Waals surface area contributed by atoms with Crippen LogP contribution in [0.25, 0.3) is 0 Å². The molecule has 0 aliphatic carbocycles. The number of ether oxygens (including phenoxy) is 1. The first-order valence-electron chi connectivity index (χ1n) is 5.13. The molecule has 1 aliphatic rings. The van der Waals surface area contributed by atoms with Crippen molar-refractivity contribution < 1.29 is 14.6 Å². The third-order valence-electron chi connectivity index (χ3n) is 2.37. The molecule has 14 heavy (non-hydrogen) atoms. The Hall–Kier alpha value is -0.610. The minimum Gasteiger partial charge on any atom is -0.396 e. The fraction of sp³-hybridized carbons (Fsp3) is 0.900. The summed E-state index contributed by atoms with van der Waals surface area (Å²) >= 11 is 0. The fourth-order valence-electron chi connectivity index (χ4n) is 1.59. The molecule has 0 bridgehead atoms. The molecular formula is C10H19NO3. The molecule has 4 heteroatoms. The number of rotatable bonds is 5. The fourth-order valence-corrected chi connectivity index (χ4v) is 1.59. The van der Waals surface area contributed by atoms with Gasteiger partial charge in [0, 0.05) is 32.0 Å². The second-order valence-electron chi connectivity index (χ2n) is 4.01. The first-order valence-corrected chi connectivity index (χ1v) is 5.13. The molecule has 0 spiro atoms. The minimum absolute atomic E-state index is 0.104. The summed E-state index contributed by atoms with van der Waals surface area (Å²) in [5, 5.41) is 8.91. The van der Waals surface area contributed by atoms with E-state index in [-0.39, 0.29) is 24.5 Å². The Balaban J connectivity index is 2.21. The average molecular weight is 201 g/mol. The van der Waals surface area contributed by atoms with Crippen LogP contribution in [0.3, 0.4) is 0 Å². The second kappa shape index (κ2) is 5.32. The molecule has 1 N–H and O–H groups in total. The number of hydrogen-bond acceptors (Lipinski definition) is 3. The number of carbonyl (C=O) groups is 1. The summed E-state index contributed by atoms with van der Waals surface area (Å²) in [6.07, 6.45) is 0.694. The van der Waals surface area contributed by atoms with Gasteiger partial charge in [0.1, 0.15) is 0 Å². The lowest BCUT2D eigenvalue weighted by Gasteiger charge is -2.17. The number of nitrogens with zero attached hydrogens (tertiary/aromatic N) is 1. The molecule has 82 valence electrons. The maximum atomic E-state index is 11.4. The summed E-state index contributed by atoms with van der Waals surface area (Å²) in [4.78, 5) is 13.1. The van der Waals surface area contributed by atoms with Crippen LogP contribution in [0.1, 0.15) is 20.3 Å². The van der Waals surface area contributed by atoms with Crippen LogP contribution in [0.4, 0.5) is 0 Å². The molecule has 0 aromatic heterocycles. The lowest BCUT2D eigenvalue weighted by molar-refractivity contribution is -0.128. The maximum Gasteiger partial charge on any atom is 0.223 e. The highest BCUT2D eigenvalue weighted by atomic mass is 16.5. The van der Waals surface area contributed by atoms with Crippen molar-refractivity contribution in [2.75, 3.05) is 26.3 Å². The van der Waals surface area contributed by atoms with Gasteiger partial charge in [0.05, 0.1) is 12.7 Å². The molecule has 1 aliphatic heterocycles. The van der Waals surface area contributed by atoms with E-state index in [1.165, 1.54) is 0 Å². The summed E-state index contributed by atoms with van der Waals surface area (Å²) < 4.78 is 5.36. The molecule has 0 saturated carbocycles. The molecular weight excluding hydrogens is 182 g/mol. The number of hydrogen-bond donors (Lipinski definition) is 1. The van der Waals surface area contributed by atoms with Crippen LogP contribution in [0.2, 0.25) is 0 Å². The van der Waals surface area contributed by atoms with Gasteiger partial charge in [-0.05, 0) is 13.8 Å². The van der Waals surface area contributed by atoms with Crippen LogP contribution in [-0.4, -0.2) is 48.3 Å². The van der Waals surface area contributed by atoms with Crippen molar-refractivity contribution in [2.45, 2.75) is 26.4 Å². The number of likely N-dealkylation sites (tertiary alicyclic amines) is 1. The Morgan fingerprint density at radius 1 is 1.64 bits per heavy atom. The Bertz CT molecular complexity index is 194. The van der Waals surface area contributed by atoms with E-state index in [2.05, 4.69) is 0 Å². The van der Waals surface area contributed by atoms with Gasteiger partial charge in [-0.25, -0.2) is 0 Å². The van der Waals surface area contributed by atoms with E-state index in [9.17, 15) is 4.79 Å². The number of aliphatic hydroxyl groups excluding tert-OH is 1. The van der Waals surface area contributed by atoms with Crippen LogP contribution in [-0.2, 0) is 9.53 Å². The van der Waals surface area contributed by atoms with Gasteiger partial charge in [-0.15, -0.1) is 0 Å². The molecule has 1 unspecified atom stereocenters. The Morgan fingerprint density at radius 2 is 2.36 bits per heavy atom. The standard InChI is InChI=1S/C10H19NO3/c1-8(2)14-4-3-11-6-9(7-12)5-10(11)13/h8-9,12H,3-7H2,1-2H3. The van der Waals surface area contributed by atoms with Gasteiger partial charge >= 0.3 is 0 Å². The first-order chi connectivity index (χ1) is 6.63. The molecule has 1 saturated heterocycles. The van der Waals surface area contributed by atoms with E-state index >= 15 is 0 Å². The van der Waals surface area contributed by atoms with Crippen molar-refractivity contribution >= 4 is 5.91 Å². The Labute approximate surface area is 84.8 Å². The van der Waals surface area contributed by atoms with Crippen LogP contribution in [0, 0.1) is 5.92 Å². The molecule has 4 nitrogen and oxygen atoms in total. The van der Waals surface area contributed by atoms with Crippen molar-refractivity contribution in [2.24, 2.45) is 5.92 Å². The van der Waals surface area contributed by atoms with Gasteiger partial charge < -0.3 is 14.7 Å². The zero-order chi connectivity index (χ0) is 10.6. The normalized spacial score (nSPS) is 22.4. The van der Waals surface area contributed by atoms with E-state index in [0.29, 0.717) is 26.1 Å². The summed E-state index contributed by atoms with van der Waals surface area (Å²) in [5.41, 5.74) is 0. The first kappa shape index (κ1) is 11.5. The predicted octanol–water partition coefficient (Wildman–Crippen LogP) is 0.252. The molecule has 0 aromatic carbocycles. The summed E-state index contributed by atoms with van der Waals surface area (Å²) in [6, 6.07) is 0. The molecule has 1 rings (SSSR count). The molecule has 1 atom stereocenters. The van der Waals surface area contributed by atoms with Gasteiger partial charge in [0.15, 0.2) is 0 Å². The predicted molar refractivity (Wildman–Crippen MR) is 52.9 cm³/mol. The topological polar surface area (TPSA) is 49.8 Å². The lowest BCUT2D eigenvalue weighted by atomic mass is 10.1. The largest absolute Gasteiger partial charge is 0.396 e. The van der Waals surface area contributed by atoms with E-state index in [4.69, 9.17) is 9.84 Å². The van der Waals surface area contributed by atoms with E-state index in [1.54, 1.807) is 4.90 Å².